The van der Waals surface area contributed by atoms with Crippen molar-refractivity contribution < 1.29 is 14.5 Å². The first-order valence-corrected chi connectivity index (χ1v) is 11.5. The molecule has 1 amide bonds. The Hall–Kier alpha value is -3.40. The summed E-state index contributed by atoms with van der Waals surface area (Å²) in [4.78, 5) is 23.2. The van der Waals surface area contributed by atoms with E-state index in [1.54, 1.807) is 13.0 Å². The van der Waals surface area contributed by atoms with E-state index in [4.69, 9.17) is 4.74 Å². The molecule has 1 aromatic heterocycles. The van der Waals surface area contributed by atoms with E-state index < -0.39 is 10.2 Å². The number of nitro groups is 1. The second-order valence-corrected chi connectivity index (χ2v) is 9.20. The van der Waals surface area contributed by atoms with Gasteiger partial charge < -0.3 is 14.6 Å². The van der Waals surface area contributed by atoms with Gasteiger partial charge in [0.2, 0.25) is 5.91 Å². The number of anilines is 1. The van der Waals surface area contributed by atoms with Crippen molar-refractivity contribution in [2.45, 2.75) is 50.8 Å². The minimum absolute atomic E-state index is 0.0791. The van der Waals surface area contributed by atoms with Crippen LogP contribution in [-0.2, 0) is 17.9 Å². The molecule has 33 heavy (non-hydrogen) atoms. The molecular formula is C23H27N5O4S. The molecule has 0 radical (unpaired) electrons. The maximum absolute atomic E-state index is 12.7. The van der Waals surface area contributed by atoms with E-state index in [-0.39, 0.29) is 18.2 Å². The molecule has 174 valence electrons. The number of nitrogens with zero attached hydrogens (tertiary/aromatic N) is 4. The number of aromatic nitrogens is 3. The standard InChI is InChI=1S/C23H27N5O4S/c1-16(2)12-13-27-21(15-32-20-10-5-4-6-11-20)25-26-23(27)33-17(3)22(29)24-18-8-7-9-19(14-18)28(30)31/h4-11,14,16-17H,12-13,15H2,1-3H3,(H,24,29). The van der Waals surface area contributed by atoms with Gasteiger partial charge in [-0.15, -0.1) is 10.2 Å². The van der Waals surface area contributed by atoms with Gasteiger partial charge in [0, 0.05) is 24.4 Å². The minimum Gasteiger partial charge on any atom is -0.486 e. The second-order valence-electron chi connectivity index (χ2n) is 7.89. The molecule has 0 spiro atoms. The third kappa shape index (κ3) is 7.04. The predicted octanol–water partition coefficient (Wildman–Crippen LogP) is 4.93. The van der Waals surface area contributed by atoms with Crippen LogP contribution in [0.15, 0.2) is 59.8 Å². The van der Waals surface area contributed by atoms with Crippen LogP contribution in [0.1, 0.15) is 33.0 Å². The Balaban J connectivity index is 1.70. The SMILES string of the molecule is CC(C)CCn1c(COc2ccccc2)nnc1SC(C)C(=O)Nc1cccc([N+](=O)[O-])c1. The normalized spacial score (nSPS) is 11.9. The van der Waals surface area contributed by atoms with Crippen LogP contribution >= 0.6 is 11.8 Å². The van der Waals surface area contributed by atoms with Gasteiger partial charge in [-0.1, -0.05) is 49.9 Å². The first kappa shape index (κ1) is 24.2. The number of carbonyl (C=O) groups excluding carboxylic acids is 1. The number of amides is 1. The second kappa shape index (κ2) is 11.5. The van der Waals surface area contributed by atoms with Gasteiger partial charge in [0.25, 0.3) is 5.69 Å². The molecule has 3 rings (SSSR count). The average Bonchev–Trinajstić information content (AvgIpc) is 3.18. The highest BCUT2D eigenvalue weighted by Crippen LogP contribution is 2.26. The van der Waals surface area contributed by atoms with Crippen LogP contribution in [0.25, 0.3) is 0 Å². The maximum Gasteiger partial charge on any atom is 0.271 e. The smallest absolute Gasteiger partial charge is 0.271 e. The molecule has 0 bridgehead atoms. The van der Waals surface area contributed by atoms with Crippen molar-refractivity contribution in [3.8, 4) is 5.75 Å². The summed E-state index contributed by atoms with van der Waals surface area (Å²) in [5, 5.41) is 22.4. The highest BCUT2D eigenvalue weighted by atomic mass is 32.2. The number of hydrogen-bond acceptors (Lipinski definition) is 7. The van der Waals surface area contributed by atoms with E-state index in [1.807, 2.05) is 34.9 Å². The molecule has 9 nitrogen and oxygen atoms in total. The molecule has 1 atom stereocenters. The molecule has 0 saturated heterocycles. The largest absolute Gasteiger partial charge is 0.486 e. The fourth-order valence-electron chi connectivity index (χ4n) is 2.94. The van der Waals surface area contributed by atoms with Gasteiger partial charge in [-0.3, -0.25) is 14.9 Å². The monoisotopic (exact) mass is 469 g/mol. The number of carbonyl (C=O) groups is 1. The topological polar surface area (TPSA) is 112 Å². The zero-order chi connectivity index (χ0) is 23.8. The molecule has 1 N–H and O–H groups in total. The van der Waals surface area contributed by atoms with Gasteiger partial charge in [-0.25, -0.2) is 0 Å². The maximum atomic E-state index is 12.7. The van der Waals surface area contributed by atoms with Crippen molar-refractivity contribution in [1.29, 1.82) is 0 Å². The Morgan fingerprint density at radius 2 is 1.91 bits per heavy atom. The molecular weight excluding hydrogens is 442 g/mol. The average molecular weight is 470 g/mol. The molecule has 0 fully saturated rings. The van der Waals surface area contributed by atoms with Crippen molar-refractivity contribution in [2.75, 3.05) is 5.32 Å². The Labute approximate surface area is 196 Å². The lowest BCUT2D eigenvalue weighted by Gasteiger charge is -2.15. The molecule has 1 unspecified atom stereocenters. The van der Waals surface area contributed by atoms with Gasteiger partial charge in [-0.2, -0.15) is 0 Å². The fraction of sp³-hybridized carbons (Fsp3) is 0.348. The van der Waals surface area contributed by atoms with Crippen molar-refractivity contribution >= 4 is 29.0 Å². The quantitative estimate of drug-likeness (QED) is 0.241. The van der Waals surface area contributed by atoms with Crippen molar-refractivity contribution in [3.63, 3.8) is 0 Å². The van der Waals surface area contributed by atoms with Crippen molar-refractivity contribution in [1.82, 2.24) is 14.8 Å². The summed E-state index contributed by atoms with van der Waals surface area (Å²) >= 11 is 1.29. The number of thioether (sulfide) groups is 1. The lowest BCUT2D eigenvalue weighted by molar-refractivity contribution is -0.384. The van der Waals surface area contributed by atoms with E-state index in [2.05, 4.69) is 29.4 Å². The van der Waals surface area contributed by atoms with E-state index in [0.717, 1.165) is 12.2 Å². The van der Waals surface area contributed by atoms with Gasteiger partial charge in [-0.05, 0) is 37.5 Å². The fourth-order valence-corrected chi connectivity index (χ4v) is 3.84. The number of rotatable bonds is 11. The zero-order valence-corrected chi connectivity index (χ0v) is 19.6. The number of nitro benzene ring substituents is 1. The molecule has 1 heterocycles. The number of ether oxygens (including phenoxy) is 1. The van der Waals surface area contributed by atoms with Crippen LogP contribution in [0.4, 0.5) is 11.4 Å². The Morgan fingerprint density at radius 3 is 2.61 bits per heavy atom. The number of non-ortho nitro benzene ring substituents is 1. The summed E-state index contributed by atoms with van der Waals surface area (Å²) in [5.41, 5.74) is 0.296. The van der Waals surface area contributed by atoms with Crippen LogP contribution in [0.3, 0.4) is 0 Å². The Morgan fingerprint density at radius 1 is 1.15 bits per heavy atom. The number of nitrogens with one attached hydrogen (secondary N) is 1. The first-order valence-electron chi connectivity index (χ1n) is 10.7. The lowest BCUT2D eigenvalue weighted by atomic mass is 10.1. The van der Waals surface area contributed by atoms with E-state index >= 15 is 0 Å². The summed E-state index contributed by atoms with van der Waals surface area (Å²) in [6.07, 6.45) is 0.929. The molecule has 0 aliphatic heterocycles. The summed E-state index contributed by atoms with van der Waals surface area (Å²) in [7, 11) is 0. The highest BCUT2D eigenvalue weighted by Gasteiger charge is 2.21. The summed E-state index contributed by atoms with van der Waals surface area (Å²) in [5.74, 6) is 1.65. The number of hydrogen-bond donors (Lipinski definition) is 1. The number of benzene rings is 2. The summed E-state index contributed by atoms with van der Waals surface area (Å²) in [6.45, 7) is 7.03. The molecule has 0 saturated carbocycles. The number of para-hydroxylation sites is 1. The molecule has 0 aliphatic rings. The van der Waals surface area contributed by atoms with Crippen LogP contribution in [0, 0.1) is 16.0 Å². The third-order valence-electron chi connectivity index (χ3n) is 4.81. The van der Waals surface area contributed by atoms with Gasteiger partial charge in [0.15, 0.2) is 11.0 Å². The highest BCUT2D eigenvalue weighted by molar-refractivity contribution is 8.00. The Bertz CT molecular complexity index is 1090. The van der Waals surface area contributed by atoms with Gasteiger partial charge in [0.1, 0.15) is 12.4 Å². The van der Waals surface area contributed by atoms with Crippen LogP contribution in [0.2, 0.25) is 0 Å². The first-order chi connectivity index (χ1) is 15.8. The van der Waals surface area contributed by atoms with E-state index in [0.29, 0.717) is 29.1 Å². The molecule has 10 heteroatoms. The Kier molecular flexibility index (Phi) is 8.42. The van der Waals surface area contributed by atoms with Crippen LogP contribution < -0.4 is 10.1 Å². The summed E-state index contributed by atoms with van der Waals surface area (Å²) in [6, 6.07) is 15.4. The molecule has 0 aliphatic carbocycles. The lowest BCUT2D eigenvalue weighted by Crippen LogP contribution is -2.23. The zero-order valence-electron chi connectivity index (χ0n) is 18.8. The summed E-state index contributed by atoms with van der Waals surface area (Å²) < 4.78 is 7.84. The van der Waals surface area contributed by atoms with Crippen molar-refractivity contribution in [3.05, 3.63) is 70.5 Å². The van der Waals surface area contributed by atoms with Crippen molar-refractivity contribution in [2.24, 2.45) is 5.92 Å². The van der Waals surface area contributed by atoms with E-state index in [9.17, 15) is 14.9 Å². The van der Waals surface area contributed by atoms with Gasteiger partial charge in [0.05, 0.1) is 10.2 Å². The third-order valence-corrected chi connectivity index (χ3v) is 5.89. The molecule has 3 aromatic rings. The van der Waals surface area contributed by atoms with Gasteiger partial charge >= 0.3 is 0 Å². The van der Waals surface area contributed by atoms with Crippen LogP contribution in [-0.4, -0.2) is 30.8 Å². The predicted molar refractivity (Wildman–Crippen MR) is 127 cm³/mol. The minimum atomic E-state index is -0.496. The van der Waals surface area contributed by atoms with Crippen LogP contribution in [0.5, 0.6) is 5.75 Å². The molecule has 2 aromatic carbocycles. The van der Waals surface area contributed by atoms with E-state index in [1.165, 1.54) is 30.0 Å².